The first-order valence-corrected chi connectivity index (χ1v) is 11.0. The van der Waals surface area contributed by atoms with Crippen LogP contribution in [0, 0.1) is 0 Å². The molecule has 2 aliphatic rings. The minimum Gasteiger partial charge on any atom is -0.488 e. The van der Waals surface area contributed by atoms with Crippen molar-refractivity contribution in [2.45, 2.75) is 50.7 Å². The van der Waals surface area contributed by atoms with Crippen LogP contribution in [0.1, 0.15) is 36.1 Å². The Labute approximate surface area is 174 Å². The van der Waals surface area contributed by atoms with E-state index in [0.29, 0.717) is 38.1 Å². The summed E-state index contributed by atoms with van der Waals surface area (Å²) in [6.07, 6.45) is 2.98. The summed E-state index contributed by atoms with van der Waals surface area (Å²) in [6, 6.07) is 9.78. The molecule has 7 heteroatoms. The predicted molar refractivity (Wildman–Crippen MR) is 112 cm³/mol. The fourth-order valence-corrected chi connectivity index (χ4v) is 4.65. The molecule has 0 aliphatic carbocycles. The topological polar surface area (TPSA) is 78.9 Å². The number of nitrogens with zero attached hydrogens (tertiary/aromatic N) is 1. The van der Waals surface area contributed by atoms with Gasteiger partial charge >= 0.3 is 0 Å². The van der Waals surface area contributed by atoms with E-state index in [9.17, 15) is 14.7 Å². The van der Waals surface area contributed by atoms with Crippen molar-refractivity contribution >= 4 is 28.8 Å². The second-order valence-electron chi connectivity index (χ2n) is 7.65. The summed E-state index contributed by atoms with van der Waals surface area (Å²) < 4.78 is 5.99. The molecular weight excluding hydrogens is 388 g/mol. The van der Waals surface area contributed by atoms with Gasteiger partial charge in [0.05, 0.1) is 6.54 Å². The minimum absolute atomic E-state index is 0.0144. The number of aliphatic hydroxyl groups excluding tert-OH is 1. The first kappa shape index (κ1) is 19.9. The van der Waals surface area contributed by atoms with Gasteiger partial charge in [-0.3, -0.25) is 9.59 Å². The predicted octanol–water partition coefficient (Wildman–Crippen LogP) is 3.00. The van der Waals surface area contributed by atoms with E-state index in [1.165, 1.54) is 4.88 Å². The normalized spacial score (nSPS) is 21.4. The number of carbonyl (C=O) groups excluding carboxylic acids is 2. The van der Waals surface area contributed by atoms with E-state index in [-0.39, 0.29) is 17.9 Å². The fourth-order valence-electron chi connectivity index (χ4n) is 3.90. The molecular formula is C22H26N2O4S. The largest absolute Gasteiger partial charge is 0.488 e. The highest BCUT2D eigenvalue weighted by atomic mass is 32.1. The van der Waals surface area contributed by atoms with Crippen molar-refractivity contribution in [3.63, 3.8) is 0 Å². The van der Waals surface area contributed by atoms with Crippen LogP contribution < -0.4 is 10.1 Å². The van der Waals surface area contributed by atoms with Crippen LogP contribution in [0.2, 0.25) is 0 Å². The number of hydrogen-bond acceptors (Lipinski definition) is 5. The average Bonchev–Trinajstić information content (AvgIpc) is 3.22. The molecule has 6 nitrogen and oxygen atoms in total. The molecule has 2 amide bonds. The first-order chi connectivity index (χ1) is 14.1. The van der Waals surface area contributed by atoms with Crippen LogP contribution in [-0.2, 0) is 22.4 Å². The number of hydrogen-bond donors (Lipinski definition) is 2. The Morgan fingerprint density at radius 3 is 3.00 bits per heavy atom. The summed E-state index contributed by atoms with van der Waals surface area (Å²) in [5, 5.41) is 15.4. The van der Waals surface area contributed by atoms with Gasteiger partial charge in [-0.1, -0.05) is 12.1 Å². The number of β-amino-alcohol motifs (C(OH)–C–C–N with tert-alkyl or cyclic N) is 1. The highest BCUT2D eigenvalue weighted by molar-refractivity contribution is 7.09. The third-order valence-corrected chi connectivity index (χ3v) is 6.47. The number of nitrogens with one attached hydrogen (secondary N) is 1. The van der Waals surface area contributed by atoms with Crippen LogP contribution in [-0.4, -0.2) is 47.1 Å². The second-order valence-corrected chi connectivity index (χ2v) is 8.68. The van der Waals surface area contributed by atoms with Crippen LogP contribution in [0.15, 0.2) is 35.7 Å². The van der Waals surface area contributed by atoms with E-state index in [1.807, 2.05) is 24.3 Å². The van der Waals surface area contributed by atoms with Gasteiger partial charge < -0.3 is 20.1 Å². The number of ether oxygens (including phenoxy) is 1. The van der Waals surface area contributed by atoms with Crippen molar-refractivity contribution in [2.24, 2.45) is 0 Å². The zero-order chi connectivity index (χ0) is 20.2. The molecule has 2 N–H and O–H groups in total. The third kappa shape index (κ3) is 4.97. The van der Waals surface area contributed by atoms with Gasteiger partial charge in [0.15, 0.2) is 0 Å². The molecule has 1 fully saturated rings. The molecule has 1 saturated heterocycles. The SMILES string of the molecule is O=C1CCc2ccc(O[C@@H]3CCN(C(=O)CCCc4cccs4)C[C@H]3O)cc2N1. The highest BCUT2D eigenvalue weighted by Crippen LogP contribution is 2.29. The van der Waals surface area contributed by atoms with Crippen molar-refractivity contribution < 1.29 is 19.4 Å². The lowest BCUT2D eigenvalue weighted by atomic mass is 10.0. The maximum Gasteiger partial charge on any atom is 0.224 e. The summed E-state index contributed by atoms with van der Waals surface area (Å²) in [4.78, 5) is 27.1. The fraction of sp³-hybridized carbons (Fsp3) is 0.455. The van der Waals surface area contributed by atoms with Crippen LogP contribution in [0.5, 0.6) is 5.75 Å². The summed E-state index contributed by atoms with van der Waals surface area (Å²) in [5.41, 5.74) is 1.88. The molecule has 2 aliphatic heterocycles. The van der Waals surface area contributed by atoms with Crippen LogP contribution in [0.25, 0.3) is 0 Å². The van der Waals surface area contributed by atoms with Gasteiger partial charge in [-0.05, 0) is 42.3 Å². The average molecular weight is 415 g/mol. The lowest BCUT2D eigenvalue weighted by Gasteiger charge is -2.36. The molecule has 154 valence electrons. The zero-order valence-electron chi connectivity index (χ0n) is 16.3. The van der Waals surface area contributed by atoms with E-state index >= 15 is 0 Å². The van der Waals surface area contributed by atoms with Gasteiger partial charge in [-0.25, -0.2) is 0 Å². The van der Waals surface area contributed by atoms with Gasteiger partial charge in [0.2, 0.25) is 11.8 Å². The standard InChI is InChI=1S/C22H26N2O4S/c25-19-14-24(22(27)5-1-3-17-4-2-12-29-17)11-10-20(19)28-16-8-6-15-7-9-21(26)23-18(15)13-16/h2,4,6,8,12-13,19-20,25H,1,3,5,7,9-11,14H2,(H,23,26)/t19-,20-/m1/s1. The lowest BCUT2D eigenvalue weighted by Crippen LogP contribution is -2.51. The van der Waals surface area contributed by atoms with Gasteiger partial charge in [0.25, 0.3) is 0 Å². The van der Waals surface area contributed by atoms with Crippen LogP contribution in [0.4, 0.5) is 5.69 Å². The maximum atomic E-state index is 12.5. The number of fused-ring (bicyclic) bond motifs is 1. The monoisotopic (exact) mass is 414 g/mol. The number of thiophene rings is 1. The van der Waals surface area contributed by atoms with E-state index in [4.69, 9.17) is 4.74 Å². The van der Waals surface area contributed by atoms with E-state index < -0.39 is 6.10 Å². The van der Waals surface area contributed by atoms with Gasteiger partial charge in [0.1, 0.15) is 18.0 Å². The van der Waals surface area contributed by atoms with Crippen molar-refractivity contribution in [1.82, 2.24) is 4.90 Å². The number of aliphatic hydroxyl groups is 1. The molecule has 3 heterocycles. The minimum atomic E-state index is -0.726. The number of piperidine rings is 1. The quantitative estimate of drug-likeness (QED) is 0.762. The van der Waals surface area contributed by atoms with E-state index in [2.05, 4.69) is 16.8 Å². The molecule has 0 unspecified atom stereocenters. The Balaban J connectivity index is 1.27. The molecule has 29 heavy (non-hydrogen) atoms. The third-order valence-electron chi connectivity index (χ3n) is 5.53. The Hall–Kier alpha value is -2.38. The molecule has 1 aromatic carbocycles. The molecule has 2 atom stereocenters. The number of carbonyl (C=O) groups is 2. The smallest absolute Gasteiger partial charge is 0.224 e. The summed E-state index contributed by atoms with van der Waals surface area (Å²) in [5.74, 6) is 0.738. The number of anilines is 1. The summed E-state index contributed by atoms with van der Waals surface area (Å²) >= 11 is 1.72. The number of amides is 2. The highest BCUT2D eigenvalue weighted by Gasteiger charge is 2.31. The van der Waals surface area contributed by atoms with Crippen molar-refractivity contribution in [1.29, 1.82) is 0 Å². The van der Waals surface area contributed by atoms with Crippen molar-refractivity contribution in [3.8, 4) is 5.75 Å². The first-order valence-electron chi connectivity index (χ1n) is 10.2. The molecule has 0 spiro atoms. The Morgan fingerprint density at radius 1 is 1.31 bits per heavy atom. The Kier molecular flexibility index (Phi) is 6.16. The molecule has 2 aromatic rings. The van der Waals surface area contributed by atoms with Crippen LogP contribution >= 0.6 is 11.3 Å². The van der Waals surface area contributed by atoms with Gasteiger partial charge in [-0.15, -0.1) is 11.3 Å². The summed E-state index contributed by atoms with van der Waals surface area (Å²) in [6.45, 7) is 0.880. The number of likely N-dealkylation sites (tertiary alicyclic amines) is 1. The molecule has 0 radical (unpaired) electrons. The number of rotatable bonds is 6. The molecule has 0 saturated carbocycles. The zero-order valence-corrected chi connectivity index (χ0v) is 17.1. The number of benzene rings is 1. The maximum absolute atomic E-state index is 12.5. The molecule has 4 rings (SSSR count). The number of aryl methyl sites for hydroxylation is 2. The summed E-state index contributed by atoms with van der Waals surface area (Å²) in [7, 11) is 0. The Bertz CT molecular complexity index is 868. The van der Waals surface area contributed by atoms with E-state index in [1.54, 1.807) is 16.2 Å². The van der Waals surface area contributed by atoms with E-state index in [0.717, 1.165) is 30.5 Å². The molecule has 0 bridgehead atoms. The van der Waals surface area contributed by atoms with Gasteiger partial charge in [-0.2, -0.15) is 0 Å². The lowest BCUT2D eigenvalue weighted by molar-refractivity contribution is -0.137. The van der Waals surface area contributed by atoms with Gasteiger partial charge in [0, 0.05) is 42.4 Å². The van der Waals surface area contributed by atoms with Crippen LogP contribution in [0.3, 0.4) is 0 Å². The molecule has 1 aromatic heterocycles. The Morgan fingerprint density at radius 2 is 2.21 bits per heavy atom. The second kappa shape index (κ2) is 8.97. The van der Waals surface area contributed by atoms with Crippen molar-refractivity contribution in [2.75, 3.05) is 18.4 Å². The van der Waals surface area contributed by atoms with Crippen molar-refractivity contribution in [3.05, 3.63) is 46.2 Å².